The molecule has 2 nitrogen and oxygen atoms in total. The molecule has 0 radical (unpaired) electrons. The van der Waals surface area contributed by atoms with Crippen molar-refractivity contribution < 1.29 is 9.53 Å². The Morgan fingerprint density at radius 1 is 0.955 bits per heavy atom. The summed E-state index contributed by atoms with van der Waals surface area (Å²) in [6, 6.07) is 0. The molecular weight excluding hydrogens is 272 g/mol. The fraction of sp³-hybridized carbons (Fsp3) is 0.950. The maximum absolute atomic E-state index is 11.1. The van der Waals surface area contributed by atoms with Crippen molar-refractivity contribution in [1.82, 2.24) is 0 Å². The van der Waals surface area contributed by atoms with Crippen LogP contribution in [0.4, 0.5) is 0 Å². The van der Waals surface area contributed by atoms with Crippen molar-refractivity contribution in [2.24, 2.45) is 22.7 Å². The smallest absolute Gasteiger partial charge is 0.305 e. The third-order valence-electron chi connectivity index (χ3n) is 7.03. The largest absolute Gasteiger partial charge is 0.469 e. The predicted octanol–water partition coefficient (Wildman–Crippen LogP) is 5.50. The van der Waals surface area contributed by atoms with Gasteiger partial charge in [-0.05, 0) is 61.2 Å². The van der Waals surface area contributed by atoms with Crippen molar-refractivity contribution in [3.8, 4) is 0 Å². The molecule has 3 aliphatic rings. The van der Waals surface area contributed by atoms with Gasteiger partial charge in [0, 0.05) is 6.42 Å². The van der Waals surface area contributed by atoms with Gasteiger partial charge in [-0.25, -0.2) is 0 Å². The second-order valence-electron chi connectivity index (χ2n) is 8.32. The molecule has 2 heteroatoms. The minimum absolute atomic E-state index is 0.0482. The third-order valence-corrected chi connectivity index (χ3v) is 7.03. The van der Waals surface area contributed by atoms with Crippen LogP contribution in [-0.2, 0) is 9.53 Å². The SMILES string of the molecule is CCCCCCC1CC12CC21CC1CCCCCC(=O)OC. The topological polar surface area (TPSA) is 26.3 Å². The molecule has 3 aliphatic carbocycles. The molecular formula is C20H34O2. The van der Waals surface area contributed by atoms with E-state index in [9.17, 15) is 4.79 Å². The van der Waals surface area contributed by atoms with Gasteiger partial charge in [-0.2, -0.15) is 0 Å². The molecule has 126 valence electrons. The van der Waals surface area contributed by atoms with Crippen LogP contribution in [0.25, 0.3) is 0 Å². The Labute approximate surface area is 136 Å². The van der Waals surface area contributed by atoms with Crippen LogP contribution in [0.1, 0.15) is 90.4 Å². The normalized spacial score (nSPS) is 37.5. The van der Waals surface area contributed by atoms with Gasteiger partial charge in [-0.3, -0.25) is 4.79 Å². The zero-order valence-electron chi connectivity index (χ0n) is 14.7. The number of ether oxygens (including phenoxy) is 1. The lowest BCUT2D eigenvalue weighted by molar-refractivity contribution is -0.140. The summed E-state index contributed by atoms with van der Waals surface area (Å²) in [7, 11) is 1.48. The summed E-state index contributed by atoms with van der Waals surface area (Å²) in [6.07, 6.45) is 17.5. The summed E-state index contributed by atoms with van der Waals surface area (Å²) in [5.41, 5.74) is 1.70. The first-order chi connectivity index (χ1) is 10.7. The molecule has 3 saturated carbocycles. The van der Waals surface area contributed by atoms with Gasteiger partial charge in [-0.15, -0.1) is 0 Å². The number of carbonyl (C=O) groups excluding carboxylic acids is 1. The van der Waals surface area contributed by atoms with Crippen LogP contribution in [0.15, 0.2) is 0 Å². The Morgan fingerprint density at radius 2 is 1.55 bits per heavy atom. The zero-order chi connectivity index (χ0) is 15.6. The van der Waals surface area contributed by atoms with E-state index >= 15 is 0 Å². The maximum Gasteiger partial charge on any atom is 0.305 e. The number of esters is 1. The van der Waals surface area contributed by atoms with E-state index in [0.717, 1.165) is 29.1 Å². The first kappa shape index (κ1) is 16.3. The lowest BCUT2D eigenvalue weighted by Crippen LogP contribution is -1.99. The highest BCUT2D eigenvalue weighted by atomic mass is 16.5. The monoisotopic (exact) mass is 306 g/mol. The van der Waals surface area contributed by atoms with Crippen molar-refractivity contribution in [2.75, 3.05) is 7.11 Å². The van der Waals surface area contributed by atoms with Crippen LogP contribution in [0.3, 0.4) is 0 Å². The van der Waals surface area contributed by atoms with Crippen LogP contribution >= 0.6 is 0 Å². The molecule has 4 unspecified atom stereocenters. The van der Waals surface area contributed by atoms with E-state index in [1.54, 1.807) is 12.8 Å². The number of rotatable bonds is 11. The predicted molar refractivity (Wildman–Crippen MR) is 89.6 cm³/mol. The van der Waals surface area contributed by atoms with Crippen LogP contribution in [0, 0.1) is 22.7 Å². The van der Waals surface area contributed by atoms with Gasteiger partial charge < -0.3 is 4.74 Å². The summed E-state index contributed by atoms with van der Waals surface area (Å²) < 4.78 is 4.69. The van der Waals surface area contributed by atoms with Crippen molar-refractivity contribution >= 4 is 5.97 Å². The Balaban J connectivity index is 1.24. The molecule has 0 amide bonds. The van der Waals surface area contributed by atoms with E-state index < -0.39 is 0 Å². The molecule has 3 rings (SSSR count). The van der Waals surface area contributed by atoms with E-state index in [4.69, 9.17) is 0 Å². The zero-order valence-corrected chi connectivity index (χ0v) is 14.7. The van der Waals surface area contributed by atoms with Gasteiger partial charge in [0.05, 0.1) is 7.11 Å². The van der Waals surface area contributed by atoms with E-state index in [0.29, 0.717) is 6.42 Å². The minimum atomic E-state index is -0.0482. The van der Waals surface area contributed by atoms with Gasteiger partial charge in [0.25, 0.3) is 0 Å². The molecule has 0 aromatic heterocycles. The minimum Gasteiger partial charge on any atom is -0.469 e. The lowest BCUT2D eigenvalue weighted by atomic mass is 10.0. The maximum atomic E-state index is 11.1. The average Bonchev–Trinajstić information content (AvgIpc) is 3.45. The third kappa shape index (κ3) is 3.08. The summed E-state index contributed by atoms with van der Waals surface area (Å²) in [6.45, 7) is 2.30. The van der Waals surface area contributed by atoms with Crippen LogP contribution in [0.2, 0.25) is 0 Å². The van der Waals surface area contributed by atoms with Gasteiger partial charge in [0.15, 0.2) is 0 Å². The fourth-order valence-electron chi connectivity index (χ4n) is 5.45. The van der Waals surface area contributed by atoms with Crippen LogP contribution in [0.5, 0.6) is 0 Å². The van der Waals surface area contributed by atoms with Crippen molar-refractivity contribution in [3.63, 3.8) is 0 Å². The first-order valence-corrected chi connectivity index (χ1v) is 9.75. The second-order valence-corrected chi connectivity index (χ2v) is 8.32. The number of hydrogen-bond acceptors (Lipinski definition) is 2. The average molecular weight is 306 g/mol. The number of methoxy groups -OCH3 is 1. The van der Waals surface area contributed by atoms with E-state index in [2.05, 4.69) is 11.7 Å². The summed E-state index contributed by atoms with van der Waals surface area (Å²) in [5.74, 6) is 2.10. The van der Waals surface area contributed by atoms with E-state index in [-0.39, 0.29) is 5.97 Å². The molecule has 0 aliphatic heterocycles. The quantitative estimate of drug-likeness (QED) is 0.372. The molecule has 4 atom stereocenters. The van der Waals surface area contributed by atoms with Crippen LogP contribution < -0.4 is 0 Å². The lowest BCUT2D eigenvalue weighted by Gasteiger charge is -2.02. The van der Waals surface area contributed by atoms with Crippen molar-refractivity contribution in [3.05, 3.63) is 0 Å². The molecule has 22 heavy (non-hydrogen) atoms. The van der Waals surface area contributed by atoms with Crippen molar-refractivity contribution in [1.29, 1.82) is 0 Å². The highest BCUT2D eigenvalue weighted by Gasteiger charge is 2.86. The molecule has 0 N–H and O–H groups in total. The molecule has 0 aromatic rings. The van der Waals surface area contributed by atoms with Gasteiger partial charge in [0.1, 0.15) is 0 Å². The number of hydrogen-bond donors (Lipinski definition) is 0. The summed E-state index contributed by atoms with van der Waals surface area (Å²) in [4.78, 5) is 11.1. The van der Waals surface area contributed by atoms with Gasteiger partial charge >= 0.3 is 5.97 Å². The summed E-state index contributed by atoms with van der Waals surface area (Å²) >= 11 is 0. The van der Waals surface area contributed by atoms with E-state index in [1.807, 2.05) is 0 Å². The fourth-order valence-corrected chi connectivity index (χ4v) is 5.45. The molecule has 3 fully saturated rings. The number of unbranched alkanes of at least 4 members (excludes halogenated alkanes) is 5. The molecule has 0 bridgehead atoms. The molecule has 0 heterocycles. The Morgan fingerprint density at radius 3 is 2.09 bits per heavy atom. The molecule has 0 saturated heterocycles. The Kier molecular flexibility index (Phi) is 4.85. The number of carbonyl (C=O) groups is 1. The second kappa shape index (κ2) is 6.53. The Hall–Kier alpha value is -0.530. The molecule has 0 aromatic carbocycles. The highest BCUT2D eigenvalue weighted by molar-refractivity contribution is 5.68. The highest BCUT2D eigenvalue weighted by Crippen LogP contribution is 2.94. The van der Waals surface area contributed by atoms with Gasteiger partial charge in [0.2, 0.25) is 0 Å². The van der Waals surface area contributed by atoms with Gasteiger partial charge in [-0.1, -0.05) is 45.4 Å². The summed E-state index contributed by atoms with van der Waals surface area (Å²) in [5, 5.41) is 0. The van der Waals surface area contributed by atoms with Crippen LogP contribution in [-0.4, -0.2) is 13.1 Å². The number of fused-ring (bicyclic) bond motifs is 1. The standard InChI is InChI=1S/C20H34O2/c1-3-4-5-7-10-16-13-19(16)15-20(19)14-17(20)11-8-6-9-12-18(21)22-2/h16-17H,3-15H2,1-2H3. The first-order valence-electron chi connectivity index (χ1n) is 9.75. The van der Waals surface area contributed by atoms with E-state index in [1.165, 1.54) is 64.9 Å². The Bertz CT molecular complexity index is 405. The van der Waals surface area contributed by atoms with Crippen molar-refractivity contribution in [2.45, 2.75) is 90.4 Å². The molecule has 2 spiro atoms.